The maximum atomic E-state index is 13.7. The average Bonchev–Trinajstić information content (AvgIpc) is 2.70. The van der Waals surface area contributed by atoms with Crippen LogP contribution in [0.2, 0.25) is 0 Å². The third-order valence-corrected chi connectivity index (χ3v) is 6.59. The predicted octanol–water partition coefficient (Wildman–Crippen LogP) is 4.02. The van der Waals surface area contributed by atoms with Crippen molar-refractivity contribution in [2.24, 2.45) is 0 Å². The van der Waals surface area contributed by atoms with Crippen LogP contribution in [0.5, 0.6) is 0 Å². The number of halogens is 2. The number of anilines is 1. The van der Waals surface area contributed by atoms with Gasteiger partial charge in [-0.1, -0.05) is 6.07 Å². The van der Waals surface area contributed by atoms with Gasteiger partial charge in [0.25, 0.3) is 0 Å². The number of sulfonamides is 1. The molecule has 29 heavy (non-hydrogen) atoms. The van der Waals surface area contributed by atoms with Gasteiger partial charge in [-0.25, -0.2) is 21.5 Å². The number of hydrogen-bond acceptors (Lipinski definition) is 4. The molecular formula is C21H21F2N3O2S. The van der Waals surface area contributed by atoms with Gasteiger partial charge in [0.2, 0.25) is 10.0 Å². The highest BCUT2D eigenvalue weighted by molar-refractivity contribution is 7.88. The van der Waals surface area contributed by atoms with Crippen LogP contribution in [0.15, 0.2) is 48.8 Å². The highest BCUT2D eigenvalue weighted by Gasteiger charge is 2.25. The topological polar surface area (TPSA) is 62.3 Å². The van der Waals surface area contributed by atoms with Crippen molar-refractivity contribution >= 4 is 26.5 Å². The summed E-state index contributed by atoms with van der Waals surface area (Å²) in [6.45, 7) is 0.936. The number of aromatic nitrogens is 1. The molecule has 0 saturated carbocycles. The number of rotatable bonds is 4. The Bertz CT molecular complexity index is 1160. The van der Waals surface area contributed by atoms with Gasteiger partial charge in [0.15, 0.2) is 11.6 Å². The standard InChI is InChI=1S/C21H21F2N3O2S/c1-29(27,28)26-8-5-17(6-9-26)25-21-12-16(10-15-4-7-24-13-18(15)21)14-2-3-19(22)20(23)11-14/h2-4,7,10-13,17,25H,5-6,8-9H2,1H3. The second kappa shape index (κ2) is 7.68. The monoisotopic (exact) mass is 417 g/mol. The number of hydrogen-bond donors (Lipinski definition) is 1. The van der Waals surface area contributed by atoms with Gasteiger partial charge >= 0.3 is 0 Å². The van der Waals surface area contributed by atoms with Crippen LogP contribution in [0.25, 0.3) is 21.9 Å². The summed E-state index contributed by atoms with van der Waals surface area (Å²) in [6, 6.07) is 9.66. The second-order valence-corrected chi connectivity index (χ2v) is 9.31. The normalized spacial score (nSPS) is 16.2. The molecule has 1 fully saturated rings. The molecule has 1 aliphatic rings. The summed E-state index contributed by atoms with van der Waals surface area (Å²) in [7, 11) is -3.18. The summed E-state index contributed by atoms with van der Waals surface area (Å²) < 4.78 is 52.0. The van der Waals surface area contributed by atoms with E-state index in [1.165, 1.54) is 16.6 Å². The molecule has 0 amide bonds. The Morgan fingerprint density at radius 1 is 1.03 bits per heavy atom. The van der Waals surface area contributed by atoms with Crippen molar-refractivity contribution in [3.05, 3.63) is 60.4 Å². The molecule has 0 atom stereocenters. The van der Waals surface area contributed by atoms with E-state index in [4.69, 9.17) is 0 Å². The Kier molecular flexibility index (Phi) is 5.23. The van der Waals surface area contributed by atoms with E-state index in [1.54, 1.807) is 18.5 Å². The van der Waals surface area contributed by atoms with E-state index in [1.807, 2.05) is 18.2 Å². The van der Waals surface area contributed by atoms with E-state index in [0.717, 1.165) is 28.1 Å². The molecule has 0 spiro atoms. The highest BCUT2D eigenvalue weighted by Crippen LogP contribution is 2.32. The van der Waals surface area contributed by atoms with Gasteiger partial charge in [-0.05, 0) is 59.7 Å². The molecule has 8 heteroatoms. The van der Waals surface area contributed by atoms with Crippen LogP contribution >= 0.6 is 0 Å². The van der Waals surface area contributed by atoms with Crippen LogP contribution in [0, 0.1) is 11.6 Å². The summed E-state index contributed by atoms with van der Waals surface area (Å²) >= 11 is 0. The molecular weight excluding hydrogens is 396 g/mol. The van der Waals surface area contributed by atoms with Gasteiger partial charge in [0.1, 0.15) is 0 Å². The first-order valence-electron chi connectivity index (χ1n) is 9.36. The van der Waals surface area contributed by atoms with Crippen molar-refractivity contribution in [1.29, 1.82) is 0 Å². The number of fused-ring (bicyclic) bond motifs is 1. The average molecular weight is 417 g/mol. The maximum absolute atomic E-state index is 13.7. The molecule has 0 radical (unpaired) electrons. The Balaban J connectivity index is 1.66. The quantitative estimate of drug-likeness (QED) is 0.697. The van der Waals surface area contributed by atoms with Crippen LogP contribution in [-0.2, 0) is 10.0 Å². The van der Waals surface area contributed by atoms with Gasteiger partial charge in [0.05, 0.1) is 6.26 Å². The fourth-order valence-corrected chi connectivity index (χ4v) is 4.59. The molecule has 0 bridgehead atoms. The van der Waals surface area contributed by atoms with Gasteiger partial charge in [-0.3, -0.25) is 4.98 Å². The summed E-state index contributed by atoms with van der Waals surface area (Å²) in [5.41, 5.74) is 2.18. The van der Waals surface area contributed by atoms with Crippen LogP contribution in [0.3, 0.4) is 0 Å². The zero-order chi connectivity index (χ0) is 20.6. The Labute approximate surface area is 168 Å². The molecule has 2 aromatic carbocycles. The van der Waals surface area contributed by atoms with Crippen LogP contribution in [-0.4, -0.2) is 43.1 Å². The third kappa shape index (κ3) is 4.23. The Hall–Kier alpha value is -2.58. The smallest absolute Gasteiger partial charge is 0.211 e. The highest BCUT2D eigenvalue weighted by atomic mass is 32.2. The summed E-state index contributed by atoms with van der Waals surface area (Å²) in [5.74, 6) is -1.77. The van der Waals surface area contributed by atoms with E-state index in [0.29, 0.717) is 31.5 Å². The van der Waals surface area contributed by atoms with Gasteiger partial charge in [-0.2, -0.15) is 0 Å². The maximum Gasteiger partial charge on any atom is 0.211 e. The van der Waals surface area contributed by atoms with Crippen molar-refractivity contribution in [3.63, 3.8) is 0 Å². The number of pyridine rings is 1. The lowest BCUT2D eigenvalue weighted by Gasteiger charge is -2.31. The first kappa shape index (κ1) is 19.7. The van der Waals surface area contributed by atoms with E-state index in [-0.39, 0.29) is 6.04 Å². The first-order chi connectivity index (χ1) is 13.8. The number of nitrogens with zero attached hydrogens (tertiary/aromatic N) is 2. The van der Waals surface area contributed by atoms with Crippen molar-refractivity contribution < 1.29 is 17.2 Å². The van der Waals surface area contributed by atoms with E-state index < -0.39 is 21.7 Å². The number of piperidine rings is 1. The van der Waals surface area contributed by atoms with Crippen LogP contribution in [0.1, 0.15) is 12.8 Å². The molecule has 0 unspecified atom stereocenters. The van der Waals surface area contributed by atoms with Crippen molar-refractivity contribution in [2.75, 3.05) is 24.7 Å². The fraction of sp³-hybridized carbons (Fsp3) is 0.286. The fourth-order valence-electron chi connectivity index (χ4n) is 3.71. The molecule has 3 aromatic rings. The Morgan fingerprint density at radius 3 is 2.48 bits per heavy atom. The van der Waals surface area contributed by atoms with Crippen molar-refractivity contribution in [3.8, 4) is 11.1 Å². The minimum atomic E-state index is -3.18. The zero-order valence-corrected chi connectivity index (χ0v) is 16.7. The van der Waals surface area contributed by atoms with Crippen molar-refractivity contribution in [2.45, 2.75) is 18.9 Å². The predicted molar refractivity (Wildman–Crippen MR) is 110 cm³/mol. The first-order valence-corrected chi connectivity index (χ1v) is 11.2. The van der Waals surface area contributed by atoms with Crippen LogP contribution in [0.4, 0.5) is 14.5 Å². The molecule has 1 N–H and O–H groups in total. The summed E-state index contributed by atoms with van der Waals surface area (Å²) in [6.07, 6.45) is 6.05. The lowest BCUT2D eigenvalue weighted by atomic mass is 9.99. The Morgan fingerprint density at radius 2 is 1.79 bits per heavy atom. The third-order valence-electron chi connectivity index (χ3n) is 5.29. The summed E-state index contributed by atoms with van der Waals surface area (Å²) in [5, 5.41) is 5.35. The largest absolute Gasteiger partial charge is 0.382 e. The lowest BCUT2D eigenvalue weighted by Crippen LogP contribution is -2.41. The molecule has 1 aliphatic heterocycles. The number of benzene rings is 2. The summed E-state index contributed by atoms with van der Waals surface area (Å²) in [4.78, 5) is 4.20. The molecule has 152 valence electrons. The molecule has 0 aliphatic carbocycles. The van der Waals surface area contributed by atoms with Crippen molar-refractivity contribution in [1.82, 2.24) is 9.29 Å². The second-order valence-electron chi connectivity index (χ2n) is 7.33. The van der Waals surface area contributed by atoms with E-state index >= 15 is 0 Å². The van der Waals surface area contributed by atoms with Gasteiger partial charge < -0.3 is 5.32 Å². The van der Waals surface area contributed by atoms with Gasteiger partial charge in [0, 0.05) is 42.6 Å². The van der Waals surface area contributed by atoms with Crippen LogP contribution < -0.4 is 5.32 Å². The molecule has 2 heterocycles. The van der Waals surface area contributed by atoms with Gasteiger partial charge in [-0.15, -0.1) is 0 Å². The lowest BCUT2D eigenvalue weighted by molar-refractivity contribution is 0.332. The van der Waals surface area contributed by atoms with E-state index in [9.17, 15) is 17.2 Å². The minimum Gasteiger partial charge on any atom is -0.382 e. The molecule has 5 nitrogen and oxygen atoms in total. The molecule has 1 saturated heterocycles. The molecule has 1 aromatic heterocycles. The zero-order valence-electron chi connectivity index (χ0n) is 15.9. The number of nitrogens with one attached hydrogen (secondary N) is 1. The minimum absolute atomic E-state index is 0.108. The SMILES string of the molecule is CS(=O)(=O)N1CCC(Nc2cc(-c3ccc(F)c(F)c3)cc3ccncc23)CC1. The van der Waals surface area contributed by atoms with E-state index in [2.05, 4.69) is 10.3 Å². The molecule has 4 rings (SSSR count).